The number of rotatable bonds is 1. The van der Waals surface area contributed by atoms with E-state index in [0.717, 1.165) is 29.7 Å². The number of ether oxygens (including phenoxy) is 1. The highest BCUT2D eigenvalue weighted by Crippen LogP contribution is 2.27. The second-order valence-corrected chi connectivity index (χ2v) is 4.50. The Bertz CT molecular complexity index is 626. The Morgan fingerprint density at radius 3 is 2.78 bits per heavy atom. The molecule has 0 N–H and O–H groups in total. The zero-order valence-electron chi connectivity index (χ0n) is 10.3. The lowest BCUT2D eigenvalue weighted by Crippen LogP contribution is -2.36. The normalized spacial score (nSPS) is 16.2. The summed E-state index contributed by atoms with van der Waals surface area (Å²) < 4.78 is 10.7. The number of fused-ring (bicyclic) bond motifs is 1. The standard InChI is InChI=1S/C14H15NO3/c1-10-3-2-4-11-12(9-13(16)18-14(10)11)15-5-7-17-8-6-15/h2-4,9H,5-8H2,1H3. The van der Waals surface area contributed by atoms with Gasteiger partial charge in [-0.3, -0.25) is 0 Å². The fourth-order valence-electron chi connectivity index (χ4n) is 2.37. The van der Waals surface area contributed by atoms with Crippen LogP contribution in [0.2, 0.25) is 0 Å². The Labute approximate surface area is 105 Å². The van der Waals surface area contributed by atoms with Crippen molar-refractivity contribution in [3.05, 3.63) is 40.2 Å². The second-order valence-electron chi connectivity index (χ2n) is 4.50. The summed E-state index contributed by atoms with van der Waals surface area (Å²) in [6, 6.07) is 7.51. The van der Waals surface area contributed by atoms with Crippen LogP contribution in [-0.2, 0) is 4.74 Å². The van der Waals surface area contributed by atoms with E-state index in [0.29, 0.717) is 18.8 Å². The van der Waals surface area contributed by atoms with E-state index in [2.05, 4.69) is 4.90 Å². The average Bonchev–Trinajstić information content (AvgIpc) is 2.40. The van der Waals surface area contributed by atoms with Crippen LogP contribution in [0.3, 0.4) is 0 Å². The van der Waals surface area contributed by atoms with Crippen molar-refractivity contribution in [2.75, 3.05) is 31.2 Å². The van der Waals surface area contributed by atoms with Gasteiger partial charge in [0, 0.05) is 24.5 Å². The molecule has 0 unspecified atom stereocenters. The molecular formula is C14H15NO3. The molecule has 0 amide bonds. The maximum Gasteiger partial charge on any atom is 0.338 e. The van der Waals surface area contributed by atoms with Gasteiger partial charge >= 0.3 is 5.63 Å². The van der Waals surface area contributed by atoms with Crippen LogP contribution in [0.4, 0.5) is 5.69 Å². The van der Waals surface area contributed by atoms with Crippen molar-refractivity contribution < 1.29 is 9.15 Å². The van der Waals surface area contributed by atoms with Crippen LogP contribution < -0.4 is 10.5 Å². The van der Waals surface area contributed by atoms with Gasteiger partial charge in [0.05, 0.1) is 18.9 Å². The summed E-state index contributed by atoms with van der Waals surface area (Å²) in [6.45, 7) is 4.98. The molecule has 1 aliphatic heterocycles. The third-order valence-corrected chi connectivity index (χ3v) is 3.30. The summed E-state index contributed by atoms with van der Waals surface area (Å²) in [5.74, 6) is 0. The first-order valence-corrected chi connectivity index (χ1v) is 6.12. The summed E-state index contributed by atoms with van der Waals surface area (Å²) in [4.78, 5) is 13.9. The fraction of sp³-hybridized carbons (Fsp3) is 0.357. The Morgan fingerprint density at radius 2 is 2.00 bits per heavy atom. The van der Waals surface area contributed by atoms with Gasteiger partial charge < -0.3 is 14.1 Å². The van der Waals surface area contributed by atoms with Gasteiger partial charge in [-0.25, -0.2) is 4.79 Å². The molecular weight excluding hydrogens is 230 g/mol. The number of morpholine rings is 1. The molecule has 1 saturated heterocycles. The molecule has 0 saturated carbocycles. The van der Waals surface area contributed by atoms with E-state index >= 15 is 0 Å². The minimum atomic E-state index is -0.293. The van der Waals surface area contributed by atoms with Gasteiger partial charge in [0.15, 0.2) is 0 Å². The van der Waals surface area contributed by atoms with Crippen molar-refractivity contribution in [1.82, 2.24) is 0 Å². The van der Waals surface area contributed by atoms with Crippen molar-refractivity contribution in [1.29, 1.82) is 0 Å². The zero-order valence-corrected chi connectivity index (χ0v) is 10.3. The maximum atomic E-state index is 11.7. The van der Waals surface area contributed by atoms with Crippen LogP contribution >= 0.6 is 0 Å². The molecule has 3 rings (SSSR count). The van der Waals surface area contributed by atoms with Crippen LogP contribution in [0.15, 0.2) is 33.5 Å². The zero-order chi connectivity index (χ0) is 12.5. The Hall–Kier alpha value is -1.81. The molecule has 1 fully saturated rings. The molecule has 94 valence electrons. The average molecular weight is 245 g/mol. The molecule has 1 aliphatic rings. The topological polar surface area (TPSA) is 42.7 Å². The number of nitrogens with zero attached hydrogens (tertiary/aromatic N) is 1. The lowest BCUT2D eigenvalue weighted by Gasteiger charge is -2.29. The predicted molar refractivity (Wildman–Crippen MR) is 70.3 cm³/mol. The van der Waals surface area contributed by atoms with Gasteiger partial charge in [0.25, 0.3) is 0 Å². The second kappa shape index (κ2) is 4.46. The van der Waals surface area contributed by atoms with E-state index in [1.165, 1.54) is 0 Å². The van der Waals surface area contributed by atoms with E-state index in [9.17, 15) is 4.79 Å². The van der Waals surface area contributed by atoms with Crippen molar-refractivity contribution >= 4 is 16.7 Å². The van der Waals surface area contributed by atoms with Crippen molar-refractivity contribution in [3.63, 3.8) is 0 Å². The monoisotopic (exact) mass is 245 g/mol. The number of hydrogen-bond acceptors (Lipinski definition) is 4. The summed E-state index contributed by atoms with van der Waals surface area (Å²) in [5, 5.41) is 0.997. The van der Waals surface area contributed by atoms with E-state index in [1.54, 1.807) is 6.07 Å². The first-order chi connectivity index (χ1) is 8.75. The first-order valence-electron chi connectivity index (χ1n) is 6.12. The van der Waals surface area contributed by atoms with Gasteiger partial charge in [-0.2, -0.15) is 0 Å². The Kier molecular flexibility index (Phi) is 2.80. The van der Waals surface area contributed by atoms with Crippen molar-refractivity contribution in [3.8, 4) is 0 Å². The van der Waals surface area contributed by atoms with Gasteiger partial charge in [0.1, 0.15) is 5.58 Å². The molecule has 2 aromatic rings. The van der Waals surface area contributed by atoms with Crippen LogP contribution in [0, 0.1) is 6.92 Å². The molecule has 0 bridgehead atoms. The van der Waals surface area contributed by atoms with Crippen molar-refractivity contribution in [2.45, 2.75) is 6.92 Å². The molecule has 0 atom stereocenters. The smallest absolute Gasteiger partial charge is 0.338 e. The number of hydrogen-bond donors (Lipinski definition) is 0. The number of anilines is 1. The number of aryl methyl sites for hydroxylation is 1. The third-order valence-electron chi connectivity index (χ3n) is 3.30. The number of para-hydroxylation sites is 1. The number of benzene rings is 1. The Morgan fingerprint density at radius 1 is 1.22 bits per heavy atom. The third kappa shape index (κ3) is 1.88. The lowest BCUT2D eigenvalue weighted by molar-refractivity contribution is 0.123. The molecule has 1 aromatic carbocycles. The van der Waals surface area contributed by atoms with Gasteiger partial charge in [-0.15, -0.1) is 0 Å². The van der Waals surface area contributed by atoms with E-state index in [-0.39, 0.29) is 5.63 Å². The molecule has 2 heterocycles. The molecule has 18 heavy (non-hydrogen) atoms. The summed E-state index contributed by atoms with van der Waals surface area (Å²) in [5.41, 5.74) is 2.33. The van der Waals surface area contributed by atoms with Crippen LogP contribution in [-0.4, -0.2) is 26.3 Å². The summed E-state index contributed by atoms with van der Waals surface area (Å²) in [7, 11) is 0. The first kappa shape index (κ1) is 11.3. The highest BCUT2D eigenvalue weighted by atomic mass is 16.5. The minimum Gasteiger partial charge on any atom is -0.422 e. The highest BCUT2D eigenvalue weighted by molar-refractivity contribution is 5.91. The fourth-order valence-corrected chi connectivity index (χ4v) is 2.37. The summed E-state index contributed by atoms with van der Waals surface area (Å²) >= 11 is 0. The van der Waals surface area contributed by atoms with Crippen LogP contribution in [0.5, 0.6) is 0 Å². The van der Waals surface area contributed by atoms with Gasteiger partial charge in [-0.1, -0.05) is 12.1 Å². The van der Waals surface area contributed by atoms with E-state index < -0.39 is 0 Å². The SMILES string of the molecule is Cc1cccc2c(N3CCOCC3)cc(=O)oc12. The largest absolute Gasteiger partial charge is 0.422 e. The Balaban J connectivity index is 2.21. The maximum absolute atomic E-state index is 11.7. The summed E-state index contributed by atoms with van der Waals surface area (Å²) in [6.07, 6.45) is 0. The van der Waals surface area contributed by atoms with E-state index in [1.807, 2.05) is 25.1 Å². The van der Waals surface area contributed by atoms with Gasteiger partial charge in [0.2, 0.25) is 0 Å². The molecule has 1 aromatic heterocycles. The molecule has 4 nitrogen and oxygen atoms in total. The lowest BCUT2D eigenvalue weighted by atomic mass is 10.1. The quantitative estimate of drug-likeness (QED) is 0.720. The van der Waals surface area contributed by atoms with Crippen LogP contribution in [0.1, 0.15) is 5.56 Å². The van der Waals surface area contributed by atoms with Crippen molar-refractivity contribution in [2.24, 2.45) is 0 Å². The molecule has 0 radical (unpaired) electrons. The molecule has 0 spiro atoms. The van der Waals surface area contributed by atoms with Gasteiger partial charge in [-0.05, 0) is 18.6 Å². The molecule has 4 heteroatoms. The van der Waals surface area contributed by atoms with E-state index in [4.69, 9.17) is 9.15 Å². The van der Waals surface area contributed by atoms with Crippen LogP contribution in [0.25, 0.3) is 11.0 Å². The minimum absolute atomic E-state index is 0.293. The highest BCUT2D eigenvalue weighted by Gasteiger charge is 2.16. The predicted octanol–water partition coefficient (Wildman–Crippen LogP) is 1.94. The molecule has 0 aliphatic carbocycles.